The van der Waals surface area contributed by atoms with Crippen LogP contribution in [0.5, 0.6) is 11.5 Å². The lowest BCUT2D eigenvalue weighted by Gasteiger charge is -2.17. The van der Waals surface area contributed by atoms with E-state index in [0.29, 0.717) is 17.1 Å². The zero-order chi connectivity index (χ0) is 18.6. The van der Waals surface area contributed by atoms with Crippen molar-refractivity contribution in [1.29, 1.82) is 0 Å². The van der Waals surface area contributed by atoms with E-state index in [9.17, 15) is 14.0 Å². The summed E-state index contributed by atoms with van der Waals surface area (Å²) >= 11 is 5.89. The maximum atomic E-state index is 13.0. The summed E-state index contributed by atoms with van der Waals surface area (Å²) in [7, 11) is 1.44. The molecular weight excluding hydrogens is 349 g/mol. The topological polar surface area (TPSA) is 64.6 Å². The molecule has 1 amide bonds. The maximum absolute atomic E-state index is 13.0. The summed E-state index contributed by atoms with van der Waals surface area (Å²) in [5.74, 6) is -0.414. The zero-order valence-corrected chi connectivity index (χ0v) is 14.7. The third-order valence-corrected chi connectivity index (χ3v) is 3.74. The molecule has 0 unspecified atom stereocenters. The van der Waals surface area contributed by atoms with Crippen LogP contribution in [-0.2, 0) is 4.79 Å². The molecule has 25 heavy (non-hydrogen) atoms. The molecule has 132 valence electrons. The number of ketones is 1. The van der Waals surface area contributed by atoms with Crippen molar-refractivity contribution in [3.05, 3.63) is 52.8 Å². The highest BCUT2D eigenvalue weighted by molar-refractivity contribution is 6.33. The number of hydrogen-bond acceptors (Lipinski definition) is 4. The first kappa shape index (κ1) is 18.7. The van der Waals surface area contributed by atoms with Crippen LogP contribution in [0.2, 0.25) is 5.02 Å². The third-order valence-electron chi connectivity index (χ3n) is 3.43. The Balaban J connectivity index is 2.11. The molecule has 1 atom stereocenters. The fourth-order valence-corrected chi connectivity index (χ4v) is 2.27. The van der Waals surface area contributed by atoms with Gasteiger partial charge >= 0.3 is 0 Å². The first-order valence-electron chi connectivity index (χ1n) is 7.43. The molecule has 2 aromatic carbocycles. The van der Waals surface area contributed by atoms with Crippen LogP contribution in [0, 0.1) is 5.82 Å². The number of Topliss-reactive ketones (excluding diaryl/α,β-unsaturated/α-hetero) is 1. The number of carbonyl (C=O) groups is 2. The number of methoxy groups -OCH3 is 1. The second-order valence-electron chi connectivity index (χ2n) is 5.30. The molecule has 0 heterocycles. The van der Waals surface area contributed by atoms with E-state index < -0.39 is 17.8 Å². The number of carbonyl (C=O) groups excluding carboxylic acids is 2. The largest absolute Gasteiger partial charge is 0.493 e. The molecule has 0 aliphatic rings. The molecule has 2 rings (SSSR count). The number of halogens is 2. The molecule has 5 nitrogen and oxygen atoms in total. The van der Waals surface area contributed by atoms with Gasteiger partial charge < -0.3 is 14.8 Å². The van der Waals surface area contributed by atoms with E-state index in [-0.39, 0.29) is 16.5 Å². The van der Waals surface area contributed by atoms with Crippen molar-refractivity contribution in [1.82, 2.24) is 0 Å². The van der Waals surface area contributed by atoms with Crippen molar-refractivity contribution >= 4 is 29.0 Å². The second kappa shape index (κ2) is 7.98. The highest BCUT2D eigenvalue weighted by Gasteiger charge is 2.19. The van der Waals surface area contributed by atoms with E-state index in [2.05, 4.69) is 5.32 Å². The summed E-state index contributed by atoms with van der Waals surface area (Å²) in [5, 5.41) is 2.65. The predicted molar refractivity (Wildman–Crippen MR) is 93.1 cm³/mol. The van der Waals surface area contributed by atoms with E-state index in [1.54, 1.807) is 25.1 Å². The maximum Gasteiger partial charge on any atom is 0.265 e. The van der Waals surface area contributed by atoms with Gasteiger partial charge in [0, 0.05) is 5.56 Å². The Morgan fingerprint density at radius 3 is 2.48 bits per heavy atom. The molecule has 1 N–H and O–H groups in total. The number of ether oxygens (including phenoxy) is 2. The Bertz CT molecular complexity index is 810. The van der Waals surface area contributed by atoms with Gasteiger partial charge in [-0.2, -0.15) is 0 Å². The number of benzene rings is 2. The fourth-order valence-electron chi connectivity index (χ4n) is 2.05. The first-order chi connectivity index (χ1) is 11.8. The van der Waals surface area contributed by atoms with Gasteiger partial charge in [0.15, 0.2) is 23.4 Å². The van der Waals surface area contributed by atoms with Crippen LogP contribution in [0.1, 0.15) is 24.2 Å². The lowest BCUT2D eigenvalue weighted by Crippen LogP contribution is -2.30. The summed E-state index contributed by atoms with van der Waals surface area (Å²) in [4.78, 5) is 23.7. The van der Waals surface area contributed by atoms with Crippen LogP contribution in [0.25, 0.3) is 0 Å². The van der Waals surface area contributed by atoms with Gasteiger partial charge in [0.1, 0.15) is 5.82 Å². The summed E-state index contributed by atoms with van der Waals surface area (Å²) < 4.78 is 23.8. The molecule has 0 saturated heterocycles. The number of anilines is 1. The van der Waals surface area contributed by atoms with Crippen molar-refractivity contribution in [2.24, 2.45) is 0 Å². The summed E-state index contributed by atoms with van der Waals surface area (Å²) in [6.45, 7) is 2.99. The number of hydrogen-bond donors (Lipinski definition) is 1. The van der Waals surface area contributed by atoms with Crippen LogP contribution < -0.4 is 14.8 Å². The van der Waals surface area contributed by atoms with Crippen molar-refractivity contribution in [3.8, 4) is 11.5 Å². The Kier molecular flexibility index (Phi) is 5.98. The number of nitrogens with one attached hydrogen (secondary N) is 1. The van der Waals surface area contributed by atoms with Crippen LogP contribution in [0.3, 0.4) is 0 Å². The van der Waals surface area contributed by atoms with Crippen molar-refractivity contribution < 1.29 is 23.5 Å². The highest BCUT2D eigenvalue weighted by atomic mass is 35.5. The van der Waals surface area contributed by atoms with Gasteiger partial charge in [-0.1, -0.05) is 11.6 Å². The molecule has 0 aromatic heterocycles. The Morgan fingerprint density at radius 1 is 1.16 bits per heavy atom. The quantitative estimate of drug-likeness (QED) is 0.783. The smallest absolute Gasteiger partial charge is 0.265 e. The molecule has 0 saturated carbocycles. The first-order valence-corrected chi connectivity index (χ1v) is 7.81. The summed E-state index contributed by atoms with van der Waals surface area (Å²) in [5.41, 5.74) is 0.752. The number of rotatable bonds is 6. The van der Waals surface area contributed by atoms with Gasteiger partial charge in [-0.25, -0.2) is 4.39 Å². The second-order valence-corrected chi connectivity index (χ2v) is 5.70. The molecule has 0 radical (unpaired) electrons. The van der Waals surface area contributed by atoms with E-state index in [4.69, 9.17) is 21.1 Å². The van der Waals surface area contributed by atoms with Gasteiger partial charge in [0.2, 0.25) is 0 Å². The van der Waals surface area contributed by atoms with Crippen molar-refractivity contribution in [2.75, 3.05) is 12.4 Å². The lowest BCUT2D eigenvalue weighted by molar-refractivity contribution is -0.122. The van der Waals surface area contributed by atoms with Crippen LogP contribution in [0.15, 0.2) is 36.4 Å². The molecule has 0 aliphatic carbocycles. The van der Waals surface area contributed by atoms with Crippen LogP contribution in [-0.4, -0.2) is 24.9 Å². The molecule has 0 spiro atoms. The molecule has 0 aliphatic heterocycles. The predicted octanol–water partition coefficient (Wildman–Crippen LogP) is 4.10. The van der Waals surface area contributed by atoms with E-state index in [1.807, 2.05) is 0 Å². The Labute approximate surface area is 149 Å². The molecule has 0 bridgehead atoms. The molecular formula is C18H17ClFNO4. The van der Waals surface area contributed by atoms with E-state index >= 15 is 0 Å². The van der Waals surface area contributed by atoms with E-state index in [0.717, 1.165) is 6.07 Å². The molecule has 7 heteroatoms. The average molecular weight is 366 g/mol. The van der Waals surface area contributed by atoms with Gasteiger partial charge in [-0.3, -0.25) is 9.59 Å². The van der Waals surface area contributed by atoms with Crippen LogP contribution in [0.4, 0.5) is 10.1 Å². The Morgan fingerprint density at radius 2 is 1.88 bits per heavy atom. The minimum absolute atomic E-state index is 0.0870. The lowest BCUT2D eigenvalue weighted by atomic mass is 10.1. The minimum Gasteiger partial charge on any atom is -0.493 e. The minimum atomic E-state index is -0.877. The van der Waals surface area contributed by atoms with Gasteiger partial charge in [0.05, 0.1) is 17.8 Å². The summed E-state index contributed by atoms with van der Waals surface area (Å²) in [6, 6.07) is 8.35. The van der Waals surface area contributed by atoms with Gasteiger partial charge in [-0.05, 0) is 50.2 Å². The third kappa shape index (κ3) is 4.70. The fraction of sp³-hybridized carbons (Fsp3) is 0.222. The molecule has 0 fully saturated rings. The van der Waals surface area contributed by atoms with Crippen LogP contribution >= 0.6 is 11.6 Å². The van der Waals surface area contributed by atoms with Gasteiger partial charge in [-0.15, -0.1) is 0 Å². The highest BCUT2D eigenvalue weighted by Crippen LogP contribution is 2.29. The summed E-state index contributed by atoms with van der Waals surface area (Å²) in [6.07, 6.45) is -0.877. The average Bonchev–Trinajstić information content (AvgIpc) is 2.57. The molecule has 2 aromatic rings. The number of amides is 1. The SMILES string of the molecule is COc1cc(C(C)=O)ccc1O[C@@H](C)C(=O)Nc1ccc(F)cc1Cl. The zero-order valence-electron chi connectivity index (χ0n) is 13.9. The normalized spacial score (nSPS) is 11.6. The van der Waals surface area contributed by atoms with E-state index in [1.165, 1.54) is 26.2 Å². The van der Waals surface area contributed by atoms with Gasteiger partial charge in [0.25, 0.3) is 5.91 Å². The Hall–Kier alpha value is -2.60. The van der Waals surface area contributed by atoms with Crippen molar-refractivity contribution in [2.45, 2.75) is 20.0 Å². The monoisotopic (exact) mass is 365 g/mol. The standard InChI is InChI=1S/C18H17ClFNO4/c1-10(22)12-4-7-16(17(8-12)24-3)25-11(2)18(23)21-15-6-5-13(20)9-14(15)19/h4-9,11H,1-3H3,(H,21,23)/t11-/m0/s1. The van der Waals surface area contributed by atoms with Crippen molar-refractivity contribution in [3.63, 3.8) is 0 Å².